The topological polar surface area (TPSA) is 43.1 Å². The molecule has 0 amide bonds. The fraction of sp³-hybridized carbons (Fsp3) is 0. The molecule has 0 saturated heterocycles. The quantitative estimate of drug-likeness (QED) is 0.183. The zero-order chi connectivity index (χ0) is 17.6. The summed E-state index contributed by atoms with van der Waals surface area (Å²) >= 11 is 6.80. The monoisotopic (exact) mass is 455 g/mol. The number of rotatable bonds is 2. The maximum atomic E-state index is 11.4. The molecule has 0 aliphatic rings. The Hall–Kier alpha value is -2.24. The maximum absolute atomic E-state index is 11.4. The fourth-order valence-corrected chi connectivity index (χ4v) is 3.84. The molecule has 0 saturated carbocycles. The Bertz CT molecular complexity index is 1160. The second-order valence-electron chi connectivity index (χ2n) is 5.79. The van der Waals surface area contributed by atoms with Crippen LogP contribution in [0.15, 0.2) is 75.7 Å². The van der Waals surface area contributed by atoms with Gasteiger partial charge in [-0.2, -0.15) is 0 Å². The molecule has 122 valence electrons. The van der Waals surface area contributed by atoms with Crippen LogP contribution >= 0.6 is 31.9 Å². The van der Waals surface area contributed by atoms with Gasteiger partial charge < -0.3 is 0 Å². The van der Waals surface area contributed by atoms with E-state index in [0.29, 0.717) is 10.0 Å². The Labute approximate surface area is 160 Å². The van der Waals surface area contributed by atoms with Crippen molar-refractivity contribution in [1.29, 1.82) is 0 Å². The number of fused-ring (bicyclic) bond motifs is 3. The lowest BCUT2D eigenvalue weighted by Gasteiger charge is -2.08. The maximum Gasteiger partial charge on any atom is 0.278 e. The highest BCUT2D eigenvalue weighted by molar-refractivity contribution is 9.10. The van der Waals surface area contributed by atoms with E-state index in [-0.39, 0.29) is 10.6 Å². The predicted octanol–water partition coefficient (Wildman–Crippen LogP) is 7.09. The molecule has 0 unspecified atom stereocenters. The first kappa shape index (κ1) is 16.2. The van der Waals surface area contributed by atoms with Crippen LogP contribution in [0.5, 0.6) is 0 Å². The van der Waals surface area contributed by atoms with Crippen molar-refractivity contribution in [2.24, 2.45) is 0 Å². The van der Waals surface area contributed by atoms with E-state index >= 15 is 0 Å². The first-order valence-electron chi connectivity index (χ1n) is 7.59. The van der Waals surface area contributed by atoms with Gasteiger partial charge in [-0.25, -0.2) is 0 Å². The predicted molar refractivity (Wildman–Crippen MR) is 109 cm³/mol. The number of nitrogens with zero attached hydrogens (tertiary/aromatic N) is 1. The summed E-state index contributed by atoms with van der Waals surface area (Å²) in [4.78, 5) is 11.1. The number of halogens is 2. The van der Waals surface area contributed by atoms with Gasteiger partial charge in [-0.3, -0.25) is 10.1 Å². The second-order valence-corrected chi connectivity index (χ2v) is 7.62. The van der Waals surface area contributed by atoms with Gasteiger partial charge in [0.2, 0.25) is 0 Å². The van der Waals surface area contributed by atoms with E-state index in [1.54, 1.807) is 6.07 Å². The highest BCUT2D eigenvalue weighted by atomic mass is 79.9. The van der Waals surface area contributed by atoms with E-state index in [1.807, 2.05) is 30.3 Å². The van der Waals surface area contributed by atoms with Gasteiger partial charge in [-0.15, -0.1) is 0 Å². The molecule has 0 spiro atoms. The summed E-state index contributed by atoms with van der Waals surface area (Å²) in [7, 11) is 0. The molecule has 3 nitrogen and oxygen atoms in total. The first-order chi connectivity index (χ1) is 12.0. The van der Waals surface area contributed by atoms with Crippen LogP contribution in [-0.2, 0) is 0 Å². The van der Waals surface area contributed by atoms with Crippen LogP contribution in [0.3, 0.4) is 0 Å². The Morgan fingerprint density at radius 3 is 2.04 bits per heavy atom. The van der Waals surface area contributed by atoms with Crippen molar-refractivity contribution >= 4 is 59.1 Å². The zero-order valence-corrected chi connectivity index (χ0v) is 16.0. The Kier molecular flexibility index (Phi) is 4.06. The Morgan fingerprint density at radius 1 is 0.720 bits per heavy atom. The molecule has 25 heavy (non-hydrogen) atoms. The van der Waals surface area contributed by atoms with Gasteiger partial charge in [0, 0.05) is 15.0 Å². The van der Waals surface area contributed by atoms with E-state index in [0.717, 1.165) is 31.6 Å². The van der Waals surface area contributed by atoms with Gasteiger partial charge in [0.15, 0.2) is 0 Å². The van der Waals surface area contributed by atoms with Gasteiger partial charge in [0.05, 0.1) is 10.5 Å². The third-order valence-corrected chi connectivity index (χ3v) is 5.25. The normalized spacial score (nSPS) is 11.1. The van der Waals surface area contributed by atoms with Crippen molar-refractivity contribution in [3.05, 3.63) is 85.8 Å². The molecular formula is C20H11Br2NO2. The van der Waals surface area contributed by atoms with Crippen molar-refractivity contribution in [3.63, 3.8) is 0 Å². The van der Waals surface area contributed by atoms with E-state index in [1.165, 1.54) is 6.07 Å². The lowest BCUT2D eigenvalue weighted by atomic mass is 9.97. The minimum atomic E-state index is -0.345. The SMILES string of the molecule is O=[N+]([O-])c1cc(Br)ccc1-c1ccc2c(ccc3cc(Br)ccc32)c1. The van der Waals surface area contributed by atoms with Crippen LogP contribution in [0.1, 0.15) is 0 Å². The molecule has 0 aromatic heterocycles. The van der Waals surface area contributed by atoms with Crippen molar-refractivity contribution in [1.82, 2.24) is 0 Å². The molecule has 0 heterocycles. The number of benzene rings is 4. The van der Waals surface area contributed by atoms with E-state index < -0.39 is 0 Å². The number of nitro benzene ring substituents is 1. The summed E-state index contributed by atoms with van der Waals surface area (Å²) in [6.07, 6.45) is 0. The van der Waals surface area contributed by atoms with Gasteiger partial charge >= 0.3 is 0 Å². The van der Waals surface area contributed by atoms with Gasteiger partial charge in [-0.1, -0.05) is 62.2 Å². The van der Waals surface area contributed by atoms with Crippen molar-refractivity contribution in [3.8, 4) is 11.1 Å². The van der Waals surface area contributed by atoms with Gasteiger partial charge in [0.1, 0.15) is 0 Å². The summed E-state index contributed by atoms with van der Waals surface area (Å²) in [5.74, 6) is 0. The minimum Gasteiger partial charge on any atom is -0.258 e. The van der Waals surface area contributed by atoms with E-state index in [9.17, 15) is 10.1 Å². The van der Waals surface area contributed by atoms with Crippen molar-refractivity contribution in [2.45, 2.75) is 0 Å². The zero-order valence-electron chi connectivity index (χ0n) is 12.9. The molecule has 0 atom stereocenters. The standard InChI is InChI=1S/C20H11Br2NO2/c21-15-4-7-18-14(10-15)2-1-12-9-13(3-6-17(12)18)19-8-5-16(22)11-20(19)23(24)25/h1-11H. The van der Waals surface area contributed by atoms with Crippen LogP contribution < -0.4 is 0 Å². The Morgan fingerprint density at radius 2 is 1.32 bits per heavy atom. The molecule has 0 aliphatic heterocycles. The Balaban J connectivity index is 1.95. The van der Waals surface area contributed by atoms with Crippen LogP contribution in [0, 0.1) is 10.1 Å². The summed E-state index contributed by atoms with van der Waals surface area (Å²) in [6.45, 7) is 0. The lowest BCUT2D eigenvalue weighted by molar-refractivity contribution is -0.384. The summed E-state index contributed by atoms with van der Waals surface area (Å²) < 4.78 is 1.74. The molecule has 4 aromatic carbocycles. The average Bonchev–Trinajstić information content (AvgIpc) is 2.60. The third kappa shape index (κ3) is 2.94. The van der Waals surface area contributed by atoms with Crippen LogP contribution in [0.25, 0.3) is 32.7 Å². The molecule has 4 aromatic rings. The fourth-order valence-electron chi connectivity index (χ4n) is 3.11. The van der Waals surface area contributed by atoms with Gasteiger partial charge in [0.25, 0.3) is 5.69 Å². The molecular weight excluding hydrogens is 446 g/mol. The first-order valence-corrected chi connectivity index (χ1v) is 9.18. The van der Waals surface area contributed by atoms with Crippen LogP contribution in [0.4, 0.5) is 5.69 Å². The molecule has 0 aliphatic carbocycles. The number of hydrogen-bond donors (Lipinski definition) is 0. The largest absolute Gasteiger partial charge is 0.278 e. The molecule has 0 fully saturated rings. The average molecular weight is 457 g/mol. The van der Waals surface area contributed by atoms with Gasteiger partial charge in [-0.05, 0) is 57.4 Å². The third-order valence-electron chi connectivity index (χ3n) is 4.27. The second kappa shape index (κ2) is 6.24. The van der Waals surface area contributed by atoms with E-state index in [2.05, 4.69) is 56.1 Å². The smallest absolute Gasteiger partial charge is 0.258 e. The minimum absolute atomic E-state index is 0.0958. The molecule has 4 rings (SSSR count). The molecule has 0 radical (unpaired) electrons. The highest BCUT2D eigenvalue weighted by Crippen LogP contribution is 2.35. The highest BCUT2D eigenvalue weighted by Gasteiger charge is 2.16. The molecule has 0 bridgehead atoms. The summed E-state index contributed by atoms with van der Waals surface area (Å²) in [5, 5.41) is 15.9. The summed E-state index contributed by atoms with van der Waals surface area (Å²) in [5.41, 5.74) is 1.55. The van der Waals surface area contributed by atoms with Crippen LogP contribution in [-0.4, -0.2) is 4.92 Å². The van der Waals surface area contributed by atoms with Crippen molar-refractivity contribution < 1.29 is 4.92 Å². The summed E-state index contributed by atoms with van der Waals surface area (Å²) in [6, 6.07) is 21.4. The van der Waals surface area contributed by atoms with Crippen LogP contribution in [0.2, 0.25) is 0 Å². The van der Waals surface area contributed by atoms with E-state index in [4.69, 9.17) is 0 Å². The number of nitro groups is 1. The van der Waals surface area contributed by atoms with Crippen molar-refractivity contribution in [2.75, 3.05) is 0 Å². The molecule has 0 N–H and O–H groups in total. The molecule has 5 heteroatoms. The lowest BCUT2D eigenvalue weighted by Crippen LogP contribution is -1.92. The number of hydrogen-bond acceptors (Lipinski definition) is 2.